The molecule has 1 nitrogen and oxygen atoms in total. The number of hydrogen-bond acceptors (Lipinski definition) is 2. The average Bonchev–Trinajstić information content (AvgIpc) is 2.83. The van der Waals surface area contributed by atoms with E-state index >= 15 is 0 Å². The second kappa shape index (κ2) is 4.84. The number of hydrogen-bond donors (Lipinski definition) is 1. The SMILES string of the molecule is OC(c1sccc1Br)c1cccc2ccccc12. The van der Waals surface area contributed by atoms with Gasteiger partial charge in [-0.2, -0.15) is 0 Å². The molecule has 1 unspecified atom stereocenters. The summed E-state index contributed by atoms with van der Waals surface area (Å²) in [5, 5.41) is 14.8. The number of halogens is 1. The van der Waals surface area contributed by atoms with Gasteiger partial charge in [0, 0.05) is 4.47 Å². The fourth-order valence-electron chi connectivity index (χ4n) is 2.13. The Labute approximate surface area is 118 Å². The van der Waals surface area contributed by atoms with E-state index in [0.717, 1.165) is 25.7 Å². The molecule has 0 aliphatic rings. The van der Waals surface area contributed by atoms with Gasteiger partial charge in [-0.3, -0.25) is 0 Å². The molecule has 18 heavy (non-hydrogen) atoms. The number of rotatable bonds is 2. The van der Waals surface area contributed by atoms with Crippen LogP contribution in [0.1, 0.15) is 16.5 Å². The Bertz CT molecular complexity index is 684. The van der Waals surface area contributed by atoms with Crippen molar-refractivity contribution in [2.24, 2.45) is 0 Å². The van der Waals surface area contributed by atoms with E-state index in [1.165, 1.54) is 0 Å². The molecule has 0 aliphatic heterocycles. The standard InChI is InChI=1S/C15H11BrOS/c16-13-8-9-18-15(13)14(17)12-7-3-5-10-4-1-2-6-11(10)12/h1-9,14,17H. The van der Waals surface area contributed by atoms with Crippen molar-refractivity contribution < 1.29 is 5.11 Å². The summed E-state index contributed by atoms with van der Waals surface area (Å²) in [5.74, 6) is 0. The van der Waals surface area contributed by atoms with Crippen molar-refractivity contribution in [2.45, 2.75) is 6.10 Å². The van der Waals surface area contributed by atoms with Gasteiger partial charge in [-0.1, -0.05) is 42.5 Å². The van der Waals surface area contributed by atoms with Crippen LogP contribution in [0.4, 0.5) is 0 Å². The van der Waals surface area contributed by atoms with Crippen molar-refractivity contribution in [1.29, 1.82) is 0 Å². The van der Waals surface area contributed by atoms with Gasteiger partial charge in [-0.15, -0.1) is 11.3 Å². The molecule has 3 aromatic rings. The Morgan fingerprint density at radius 1 is 1.00 bits per heavy atom. The van der Waals surface area contributed by atoms with Crippen molar-refractivity contribution in [3.63, 3.8) is 0 Å². The molecule has 1 atom stereocenters. The normalized spacial score (nSPS) is 12.8. The molecule has 3 rings (SSSR count). The molecule has 0 bridgehead atoms. The minimum Gasteiger partial charge on any atom is -0.383 e. The second-order valence-corrected chi connectivity index (χ2v) is 5.91. The first-order valence-electron chi connectivity index (χ1n) is 5.66. The summed E-state index contributed by atoms with van der Waals surface area (Å²) in [5.41, 5.74) is 0.955. The topological polar surface area (TPSA) is 20.2 Å². The molecule has 0 fully saturated rings. The third kappa shape index (κ3) is 1.99. The van der Waals surface area contributed by atoms with Crippen molar-refractivity contribution in [3.05, 3.63) is 68.8 Å². The van der Waals surface area contributed by atoms with Crippen LogP contribution in [0.5, 0.6) is 0 Å². The van der Waals surface area contributed by atoms with Gasteiger partial charge in [0.05, 0.1) is 4.88 Å². The molecule has 0 aliphatic carbocycles. The van der Waals surface area contributed by atoms with Crippen molar-refractivity contribution in [1.82, 2.24) is 0 Å². The first kappa shape index (κ1) is 11.9. The lowest BCUT2D eigenvalue weighted by molar-refractivity contribution is 0.225. The minimum absolute atomic E-state index is 0.578. The minimum atomic E-state index is -0.578. The van der Waals surface area contributed by atoms with E-state index in [2.05, 4.69) is 34.1 Å². The van der Waals surface area contributed by atoms with Crippen LogP contribution in [0.2, 0.25) is 0 Å². The van der Waals surface area contributed by atoms with Gasteiger partial charge in [-0.05, 0) is 43.7 Å². The Morgan fingerprint density at radius 2 is 1.78 bits per heavy atom. The zero-order valence-electron chi connectivity index (χ0n) is 9.51. The number of aliphatic hydroxyl groups excluding tert-OH is 1. The van der Waals surface area contributed by atoms with E-state index in [1.807, 2.05) is 35.7 Å². The third-order valence-corrected chi connectivity index (χ3v) is 4.93. The molecule has 2 aromatic carbocycles. The van der Waals surface area contributed by atoms with E-state index in [4.69, 9.17) is 0 Å². The van der Waals surface area contributed by atoms with Crippen LogP contribution in [-0.2, 0) is 0 Å². The second-order valence-electron chi connectivity index (χ2n) is 4.10. The maximum absolute atomic E-state index is 10.5. The zero-order valence-corrected chi connectivity index (χ0v) is 11.9. The lowest BCUT2D eigenvalue weighted by Crippen LogP contribution is -1.98. The predicted molar refractivity (Wildman–Crippen MR) is 80.0 cm³/mol. The molecule has 0 saturated heterocycles. The van der Waals surface area contributed by atoms with Gasteiger partial charge >= 0.3 is 0 Å². The molecule has 90 valence electrons. The quantitative estimate of drug-likeness (QED) is 0.723. The first-order valence-corrected chi connectivity index (χ1v) is 7.33. The lowest BCUT2D eigenvalue weighted by Gasteiger charge is -2.13. The maximum atomic E-state index is 10.5. The van der Waals surface area contributed by atoms with Crippen molar-refractivity contribution >= 4 is 38.0 Å². The summed E-state index contributed by atoms with van der Waals surface area (Å²) in [7, 11) is 0. The summed E-state index contributed by atoms with van der Waals surface area (Å²) >= 11 is 5.04. The number of thiophene rings is 1. The van der Waals surface area contributed by atoms with E-state index in [-0.39, 0.29) is 0 Å². The van der Waals surface area contributed by atoms with Gasteiger partial charge < -0.3 is 5.11 Å². The molecular weight excluding hydrogens is 308 g/mol. The highest BCUT2D eigenvalue weighted by Gasteiger charge is 2.16. The van der Waals surface area contributed by atoms with Gasteiger partial charge in [-0.25, -0.2) is 0 Å². The molecule has 0 spiro atoms. The van der Waals surface area contributed by atoms with Crippen LogP contribution >= 0.6 is 27.3 Å². The van der Waals surface area contributed by atoms with Gasteiger partial charge in [0.1, 0.15) is 6.10 Å². The van der Waals surface area contributed by atoms with Crippen LogP contribution in [0.3, 0.4) is 0 Å². The number of fused-ring (bicyclic) bond motifs is 1. The monoisotopic (exact) mass is 318 g/mol. The van der Waals surface area contributed by atoms with Crippen LogP contribution in [0.15, 0.2) is 58.4 Å². The Morgan fingerprint density at radius 3 is 2.56 bits per heavy atom. The summed E-state index contributed by atoms with van der Waals surface area (Å²) in [6, 6.07) is 16.1. The largest absolute Gasteiger partial charge is 0.383 e. The van der Waals surface area contributed by atoms with Crippen molar-refractivity contribution in [2.75, 3.05) is 0 Å². The summed E-state index contributed by atoms with van der Waals surface area (Å²) in [6.45, 7) is 0. The molecule has 0 radical (unpaired) electrons. The van der Waals surface area contributed by atoms with E-state index in [1.54, 1.807) is 11.3 Å². The highest BCUT2D eigenvalue weighted by molar-refractivity contribution is 9.10. The van der Waals surface area contributed by atoms with Gasteiger partial charge in [0.2, 0.25) is 0 Å². The molecule has 0 saturated carbocycles. The van der Waals surface area contributed by atoms with E-state index in [0.29, 0.717) is 0 Å². The predicted octanol–water partition coefficient (Wildman–Crippen LogP) is 4.75. The van der Waals surface area contributed by atoms with Gasteiger partial charge in [0.15, 0.2) is 0 Å². The average molecular weight is 319 g/mol. The third-order valence-electron chi connectivity index (χ3n) is 3.01. The highest BCUT2D eigenvalue weighted by atomic mass is 79.9. The summed E-state index contributed by atoms with van der Waals surface area (Å²) in [6.07, 6.45) is -0.578. The Kier molecular flexibility index (Phi) is 3.20. The smallest absolute Gasteiger partial charge is 0.115 e. The highest BCUT2D eigenvalue weighted by Crippen LogP contribution is 2.35. The molecule has 0 amide bonds. The maximum Gasteiger partial charge on any atom is 0.115 e. The molecule has 1 heterocycles. The summed E-state index contributed by atoms with van der Waals surface area (Å²) in [4.78, 5) is 0.950. The van der Waals surface area contributed by atoms with Gasteiger partial charge in [0.25, 0.3) is 0 Å². The van der Waals surface area contributed by atoms with Crippen LogP contribution in [0.25, 0.3) is 10.8 Å². The number of aliphatic hydroxyl groups is 1. The number of benzene rings is 2. The van der Waals surface area contributed by atoms with Crippen LogP contribution < -0.4 is 0 Å². The first-order chi connectivity index (χ1) is 8.77. The van der Waals surface area contributed by atoms with Crippen molar-refractivity contribution in [3.8, 4) is 0 Å². The Hall–Kier alpha value is -1.16. The fourth-order valence-corrected chi connectivity index (χ4v) is 3.72. The van der Waals surface area contributed by atoms with E-state index in [9.17, 15) is 5.11 Å². The zero-order chi connectivity index (χ0) is 12.5. The molecule has 1 N–H and O–H groups in total. The molecule has 3 heteroatoms. The molecule has 1 aromatic heterocycles. The summed E-state index contributed by atoms with van der Waals surface area (Å²) < 4.78 is 0.966. The van der Waals surface area contributed by atoms with Crippen LogP contribution in [0, 0.1) is 0 Å². The lowest BCUT2D eigenvalue weighted by atomic mass is 10.00. The molecular formula is C15H11BrOS. The fraction of sp³-hybridized carbons (Fsp3) is 0.0667. The van der Waals surface area contributed by atoms with E-state index < -0.39 is 6.10 Å². The van der Waals surface area contributed by atoms with Crippen LogP contribution in [-0.4, -0.2) is 5.11 Å². The Balaban J connectivity index is 2.18.